The Labute approximate surface area is 279 Å². The third-order valence-electron chi connectivity index (χ3n) is 10.5. The first-order valence-corrected chi connectivity index (χ1v) is 17.3. The highest BCUT2D eigenvalue weighted by Crippen LogP contribution is 2.26. The summed E-state index contributed by atoms with van der Waals surface area (Å²) in [6, 6.07) is 11.8. The number of amides is 4. The molecule has 4 aliphatic rings. The molecule has 0 spiro atoms. The van der Waals surface area contributed by atoms with Crippen molar-refractivity contribution in [1.82, 2.24) is 29.9 Å². The second kappa shape index (κ2) is 14.0. The summed E-state index contributed by atoms with van der Waals surface area (Å²) in [6.07, 6.45) is 2.40. The van der Waals surface area contributed by atoms with Crippen molar-refractivity contribution in [3.8, 4) is 0 Å². The minimum Gasteiger partial charge on any atom is -0.436 e. The lowest BCUT2D eigenvalue weighted by atomic mass is 10.00. The number of nitrogens with zero attached hydrogens (tertiary/aromatic N) is 4. The predicted molar refractivity (Wildman–Crippen MR) is 180 cm³/mol. The molecular formula is C35H45N7O6. The Hall–Kier alpha value is -4.36. The fourth-order valence-electron chi connectivity index (χ4n) is 7.80. The summed E-state index contributed by atoms with van der Waals surface area (Å²) in [7, 11) is 0. The van der Waals surface area contributed by atoms with E-state index in [2.05, 4.69) is 20.5 Å². The Bertz CT molecular complexity index is 1700. The Morgan fingerprint density at radius 3 is 2.40 bits per heavy atom. The lowest BCUT2D eigenvalue weighted by molar-refractivity contribution is -0.142. The quantitative estimate of drug-likeness (QED) is 0.367. The van der Waals surface area contributed by atoms with Crippen LogP contribution in [0.3, 0.4) is 0 Å². The molecule has 13 nitrogen and oxygen atoms in total. The van der Waals surface area contributed by atoms with E-state index in [1.54, 1.807) is 11.0 Å². The molecule has 3 aromatic rings. The number of hydrogen-bond acceptors (Lipinski definition) is 8. The number of rotatable bonds is 6. The number of nitrogens with one attached hydrogen (secondary N) is 3. The first-order valence-electron chi connectivity index (χ1n) is 17.3. The highest BCUT2D eigenvalue weighted by atomic mass is 16.6. The van der Waals surface area contributed by atoms with E-state index in [-0.39, 0.29) is 24.4 Å². The number of hydrogen-bond donors (Lipinski definition) is 3. The van der Waals surface area contributed by atoms with Gasteiger partial charge in [0.25, 0.3) is 5.91 Å². The van der Waals surface area contributed by atoms with Gasteiger partial charge in [0, 0.05) is 83.1 Å². The zero-order chi connectivity index (χ0) is 33.2. The van der Waals surface area contributed by atoms with Gasteiger partial charge in [0.15, 0.2) is 11.7 Å². The van der Waals surface area contributed by atoms with Gasteiger partial charge in [0.05, 0.1) is 5.52 Å². The van der Waals surface area contributed by atoms with Crippen LogP contribution in [0.25, 0.3) is 11.1 Å². The monoisotopic (exact) mass is 659 g/mol. The summed E-state index contributed by atoms with van der Waals surface area (Å²) in [6.45, 7) is 8.56. The molecule has 3 fully saturated rings. The molecule has 48 heavy (non-hydrogen) atoms. The average molecular weight is 660 g/mol. The smallest absolute Gasteiger partial charge is 0.417 e. The van der Waals surface area contributed by atoms with E-state index in [1.165, 1.54) is 0 Å². The van der Waals surface area contributed by atoms with E-state index in [0.29, 0.717) is 62.7 Å². The molecule has 0 aliphatic carbocycles. The number of aryl methyl sites for hydroxylation is 1. The van der Waals surface area contributed by atoms with Crippen LogP contribution in [-0.2, 0) is 22.4 Å². The van der Waals surface area contributed by atoms with Crippen LogP contribution in [0.1, 0.15) is 42.4 Å². The number of H-pyrrole nitrogens is 1. The maximum Gasteiger partial charge on any atom is 0.417 e. The topological polar surface area (TPSA) is 143 Å². The number of piperidine rings is 2. The lowest BCUT2D eigenvalue weighted by Crippen LogP contribution is -2.54. The summed E-state index contributed by atoms with van der Waals surface area (Å²) in [4.78, 5) is 63.2. The number of piperazine rings is 1. The summed E-state index contributed by atoms with van der Waals surface area (Å²) in [5, 5.41) is 6.44. The van der Waals surface area contributed by atoms with Crippen molar-refractivity contribution in [1.29, 1.82) is 0 Å². The molecule has 4 aliphatic heterocycles. The summed E-state index contributed by atoms with van der Waals surface area (Å²) in [5.74, 6) is -0.742. The second-order valence-corrected chi connectivity index (χ2v) is 13.5. The maximum atomic E-state index is 14.1. The van der Waals surface area contributed by atoms with Gasteiger partial charge in [-0.1, -0.05) is 24.3 Å². The zero-order valence-corrected chi connectivity index (χ0v) is 27.5. The predicted octanol–water partition coefficient (Wildman–Crippen LogP) is 2.93. The molecular weight excluding hydrogens is 614 g/mol. The summed E-state index contributed by atoms with van der Waals surface area (Å²) in [5.41, 5.74) is 4.55. The van der Waals surface area contributed by atoms with Gasteiger partial charge in [-0.15, -0.1) is 0 Å². The van der Waals surface area contributed by atoms with Gasteiger partial charge in [-0.05, 0) is 67.9 Å². The minimum absolute atomic E-state index is 0.00322. The fraction of sp³-hybridized carbons (Fsp3) is 0.543. The average Bonchev–Trinajstić information content (AvgIpc) is 3.40. The molecule has 7 rings (SSSR count). The molecule has 5 heterocycles. The number of carbonyl (C=O) groups is 3. The number of fused-ring (bicyclic) bond motifs is 2. The van der Waals surface area contributed by atoms with Crippen molar-refractivity contribution >= 4 is 34.8 Å². The van der Waals surface area contributed by atoms with Crippen molar-refractivity contribution in [2.75, 3.05) is 64.2 Å². The molecule has 0 radical (unpaired) electrons. The van der Waals surface area contributed by atoms with Crippen LogP contribution in [0, 0.1) is 6.92 Å². The number of oxazole rings is 1. The Balaban J connectivity index is 1.01. The summed E-state index contributed by atoms with van der Waals surface area (Å²) >= 11 is 0. The van der Waals surface area contributed by atoms with Crippen LogP contribution in [0.2, 0.25) is 0 Å². The number of likely N-dealkylation sites (tertiary alicyclic amines) is 2. The van der Waals surface area contributed by atoms with Gasteiger partial charge in [-0.2, -0.15) is 0 Å². The zero-order valence-electron chi connectivity index (χ0n) is 27.5. The van der Waals surface area contributed by atoms with E-state index in [9.17, 15) is 19.2 Å². The maximum absolute atomic E-state index is 14.1. The number of benzene rings is 2. The highest BCUT2D eigenvalue weighted by Gasteiger charge is 2.36. The lowest BCUT2D eigenvalue weighted by Gasteiger charge is -2.41. The number of aromatic nitrogens is 1. The largest absolute Gasteiger partial charge is 0.436 e. The van der Waals surface area contributed by atoms with Gasteiger partial charge in [0.1, 0.15) is 0 Å². The number of para-hydroxylation sites is 1. The van der Waals surface area contributed by atoms with Crippen LogP contribution in [0.4, 0.5) is 15.3 Å². The standard InChI is InChI=1S/C35H45N7O6/c1-23-20-24(21-29-31(23)38-34(45)47-29)22-30(32(43)40-13-7-26(8-14-40)39-18-11-36-12-19-39)48-35(46)41-15-9-27(10-16-41)42-17-6-25-4-2-3-5-28(25)37-33(42)44/h2-5,20-21,26-27,30,36H,6-19,22H2,1H3,(H,37,44)(H,38,45). The molecule has 4 amide bonds. The number of aromatic amines is 1. The van der Waals surface area contributed by atoms with Crippen LogP contribution in [0.15, 0.2) is 45.6 Å². The molecule has 1 unspecified atom stereocenters. The van der Waals surface area contributed by atoms with Crippen molar-refractivity contribution in [3.63, 3.8) is 0 Å². The third-order valence-corrected chi connectivity index (χ3v) is 10.5. The van der Waals surface area contributed by atoms with Crippen LogP contribution < -0.4 is 16.4 Å². The second-order valence-electron chi connectivity index (χ2n) is 13.5. The SMILES string of the molecule is Cc1cc(CC(OC(=O)N2CCC(N3CCc4ccccc4NC3=O)CC2)C(=O)N2CCC(N3CCNCC3)CC2)cc2oc(=O)[nH]c12. The Morgan fingerprint density at radius 2 is 1.62 bits per heavy atom. The number of anilines is 1. The first-order chi connectivity index (χ1) is 23.3. The molecule has 3 N–H and O–H groups in total. The molecule has 1 atom stereocenters. The van der Waals surface area contributed by atoms with Crippen LogP contribution >= 0.6 is 0 Å². The number of ether oxygens (including phenoxy) is 1. The van der Waals surface area contributed by atoms with E-state index in [1.807, 2.05) is 47.1 Å². The van der Waals surface area contributed by atoms with E-state index >= 15 is 0 Å². The molecule has 0 saturated carbocycles. The van der Waals surface area contributed by atoms with E-state index in [0.717, 1.165) is 67.8 Å². The molecule has 0 bridgehead atoms. The van der Waals surface area contributed by atoms with Crippen molar-refractivity contribution < 1.29 is 23.5 Å². The molecule has 1 aromatic heterocycles. The highest BCUT2D eigenvalue weighted by molar-refractivity contribution is 5.91. The van der Waals surface area contributed by atoms with Gasteiger partial charge in [-0.3, -0.25) is 14.7 Å². The van der Waals surface area contributed by atoms with Crippen molar-refractivity contribution in [2.45, 2.75) is 63.6 Å². The van der Waals surface area contributed by atoms with E-state index < -0.39 is 18.0 Å². The minimum atomic E-state index is -1.02. The molecule has 13 heteroatoms. The van der Waals surface area contributed by atoms with E-state index in [4.69, 9.17) is 9.15 Å². The van der Waals surface area contributed by atoms with Crippen LogP contribution in [-0.4, -0.2) is 120 Å². The van der Waals surface area contributed by atoms with Gasteiger partial charge in [-0.25, -0.2) is 14.4 Å². The fourth-order valence-corrected chi connectivity index (χ4v) is 7.80. The van der Waals surface area contributed by atoms with Crippen molar-refractivity contribution in [2.24, 2.45) is 0 Å². The molecule has 256 valence electrons. The Morgan fingerprint density at radius 1 is 0.917 bits per heavy atom. The van der Waals surface area contributed by atoms with Crippen molar-refractivity contribution in [3.05, 3.63) is 63.6 Å². The van der Waals surface area contributed by atoms with Gasteiger partial charge in [0.2, 0.25) is 0 Å². The number of carbonyl (C=O) groups excluding carboxylic acids is 3. The summed E-state index contributed by atoms with van der Waals surface area (Å²) < 4.78 is 11.4. The van der Waals surface area contributed by atoms with Gasteiger partial charge >= 0.3 is 17.9 Å². The third kappa shape index (κ3) is 6.93. The molecule has 2 aromatic carbocycles. The Kier molecular flexibility index (Phi) is 9.40. The number of urea groups is 1. The molecule has 3 saturated heterocycles. The van der Waals surface area contributed by atoms with Crippen LogP contribution in [0.5, 0.6) is 0 Å². The first kappa shape index (κ1) is 32.2. The van der Waals surface area contributed by atoms with Gasteiger partial charge < -0.3 is 34.5 Å². The normalized spacial score (nSPS) is 20.7.